The smallest absolute Gasteiger partial charge is 0.129 e. The molecule has 1 aliphatic heterocycles. The maximum absolute atomic E-state index is 13.9. The highest BCUT2D eigenvalue weighted by atomic mass is 19.1. The predicted molar refractivity (Wildman–Crippen MR) is 70.8 cm³/mol. The Morgan fingerprint density at radius 2 is 2.05 bits per heavy atom. The van der Waals surface area contributed by atoms with Crippen LogP contribution in [0.4, 0.5) is 4.39 Å². The molecule has 98 valence electrons. The SMILES string of the molecule is Cc1ccc(C(O)c2ccc3c(c2)CCO3)c(F)c1. The molecule has 1 aliphatic rings. The van der Waals surface area contributed by atoms with Crippen LogP contribution in [-0.2, 0) is 6.42 Å². The van der Waals surface area contributed by atoms with E-state index < -0.39 is 6.10 Å². The van der Waals surface area contributed by atoms with Crippen LogP contribution in [0.1, 0.15) is 28.4 Å². The van der Waals surface area contributed by atoms with Crippen molar-refractivity contribution in [2.24, 2.45) is 0 Å². The van der Waals surface area contributed by atoms with Crippen LogP contribution in [-0.4, -0.2) is 11.7 Å². The van der Waals surface area contributed by atoms with Gasteiger partial charge in [0, 0.05) is 12.0 Å². The summed E-state index contributed by atoms with van der Waals surface area (Å²) in [6, 6.07) is 10.4. The molecule has 1 heterocycles. The molecule has 19 heavy (non-hydrogen) atoms. The summed E-state index contributed by atoms with van der Waals surface area (Å²) in [6.45, 7) is 2.50. The Morgan fingerprint density at radius 1 is 1.21 bits per heavy atom. The molecule has 0 fully saturated rings. The third kappa shape index (κ3) is 2.22. The topological polar surface area (TPSA) is 29.5 Å². The molecule has 0 radical (unpaired) electrons. The molecule has 3 rings (SSSR count). The number of aryl methyl sites for hydroxylation is 1. The van der Waals surface area contributed by atoms with Gasteiger partial charge in [-0.05, 0) is 41.8 Å². The largest absolute Gasteiger partial charge is 0.493 e. The fourth-order valence-electron chi connectivity index (χ4n) is 2.41. The number of benzene rings is 2. The minimum absolute atomic E-state index is 0.310. The normalized spacial score (nSPS) is 14.9. The van der Waals surface area contributed by atoms with Gasteiger partial charge in [0.1, 0.15) is 17.7 Å². The molecule has 0 spiro atoms. The summed E-state index contributed by atoms with van der Waals surface area (Å²) in [6.07, 6.45) is -0.0989. The predicted octanol–water partition coefficient (Wildman–Crippen LogP) is 3.15. The van der Waals surface area contributed by atoms with Gasteiger partial charge in [-0.3, -0.25) is 0 Å². The number of hydrogen-bond acceptors (Lipinski definition) is 2. The third-order valence-corrected chi connectivity index (χ3v) is 3.48. The molecule has 0 saturated carbocycles. The fraction of sp³-hybridized carbons (Fsp3) is 0.250. The average Bonchev–Trinajstić information content (AvgIpc) is 2.85. The van der Waals surface area contributed by atoms with E-state index in [4.69, 9.17) is 4.74 Å². The Balaban J connectivity index is 1.97. The molecule has 0 bridgehead atoms. The van der Waals surface area contributed by atoms with Crippen LogP contribution in [0.15, 0.2) is 36.4 Å². The molecular formula is C16H15FO2. The average molecular weight is 258 g/mol. The van der Waals surface area contributed by atoms with Crippen LogP contribution in [0.2, 0.25) is 0 Å². The van der Waals surface area contributed by atoms with Crippen molar-refractivity contribution in [3.8, 4) is 5.75 Å². The maximum Gasteiger partial charge on any atom is 0.129 e. The van der Waals surface area contributed by atoms with E-state index in [1.807, 2.05) is 19.1 Å². The Labute approximate surface area is 111 Å². The van der Waals surface area contributed by atoms with Crippen LogP contribution >= 0.6 is 0 Å². The molecule has 0 amide bonds. The lowest BCUT2D eigenvalue weighted by atomic mass is 9.98. The van der Waals surface area contributed by atoms with E-state index in [1.54, 1.807) is 18.2 Å². The number of ether oxygens (including phenoxy) is 1. The van der Waals surface area contributed by atoms with Crippen molar-refractivity contribution >= 4 is 0 Å². The first-order valence-corrected chi connectivity index (χ1v) is 6.35. The van der Waals surface area contributed by atoms with Crippen LogP contribution in [0.3, 0.4) is 0 Å². The summed E-state index contributed by atoms with van der Waals surface area (Å²) >= 11 is 0. The van der Waals surface area contributed by atoms with E-state index in [0.717, 1.165) is 23.3 Å². The molecule has 1 unspecified atom stereocenters. The molecule has 3 heteroatoms. The second kappa shape index (κ2) is 4.67. The van der Waals surface area contributed by atoms with Crippen LogP contribution in [0.25, 0.3) is 0 Å². The van der Waals surface area contributed by atoms with Crippen LogP contribution in [0, 0.1) is 12.7 Å². The zero-order chi connectivity index (χ0) is 13.4. The number of rotatable bonds is 2. The first-order chi connectivity index (χ1) is 9.15. The quantitative estimate of drug-likeness (QED) is 0.896. The van der Waals surface area contributed by atoms with E-state index in [-0.39, 0.29) is 5.82 Å². The molecule has 2 aromatic carbocycles. The molecule has 0 aliphatic carbocycles. The second-order valence-electron chi connectivity index (χ2n) is 4.89. The summed E-state index contributed by atoms with van der Waals surface area (Å²) in [4.78, 5) is 0. The molecule has 0 saturated heterocycles. The minimum atomic E-state index is -0.938. The Morgan fingerprint density at radius 3 is 2.84 bits per heavy atom. The lowest BCUT2D eigenvalue weighted by Gasteiger charge is -2.14. The first kappa shape index (κ1) is 12.2. The molecule has 2 nitrogen and oxygen atoms in total. The van der Waals surface area contributed by atoms with Gasteiger partial charge in [0.2, 0.25) is 0 Å². The van der Waals surface area contributed by atoms with Gasteiger partial charge in [0.05, 0.1) is 6.61 Å². The first-order valence-electron chi connectivity index (χ1n) is 6.35. The highest BCUT2D eigenvalue weighted by Crippen LogP contribution is 2.31. The van der Waals surface area contributed by atoms with Gasteiger partial charge in [-0.1, -0.05) is 18.2 Å². The zero-order valence-electron chi connectivity index (χ0n) is 10.7. The van der Waals surface area contributed by atoms with Crippen molar-refractivity contribution in [1.82, 2.24) is 0 Å². The van der Waals surface area contributed by atoms with Crippen molar-refractivity contribution in [2.75, 3.05) is 6.61 Å². The number of aliphatic hydroxyl groups excluding tert-OH is 1. The van der Waals surface area contributed by atoms with Crippen molar-refractivity contribution in [1.29, 1.82) is 0 Å². The molecule has 2 aromatic rings. The number of aliphatic hydroxyl groups is 1. The molecule has 1 N–H and O–H groups in total. The van der Waals surface area contributed by atoms with E-state index in [1.165, 1.54) is 6.07 Å². The lowest BCUT2D eigenvalue weighted by molar-refractivity contribution is 0.215. The Kier molecular flexibility index (Phi) is 2.99. The van der Waals surface area contributed by atoms with Crippen molar-refractivity contribution in [3.05, 3.63) is 64.5 Å². The van der Waals surface area contributed by atoms with Gasteiger partial charge < -0.3 is 9.84 Å². The van der Waals surface area contributed by atoms with Crippen molar-refractivity contribution < 1.29 is 14.2 Å². The van der Waals surface area contributed by atoms with E-state index in [2.05, 4.69) is 0 Å². The van der Waals surface area contributed by atoms with Gasteiger partial charge in [0.25, 0.3) is 0 Å². The number of halogens is 1. The minimum Gasteiger partial charge on any atom is -0.493 e. The third-order valence-electron chi connectivity index (χ3n) is 3.48. The van der Waals surface area contributed by atoms with Gasteiger partial charge in [0.15, 0.2) is 0 Å². The second-order valence-corrected chi connectivity index (χ2v) is 4.89. The van der Waals surface area contributed by atoms with Crippen molar-refractivity contribution in [3.63, 3.8) is 0 Å². The Hall–Kier alpha value is -1.87. The van der Waals surface area contributed by atoms with Crippen molar-refractivity contribution in [2.45, 2.75) is 19.4 Å². The van der Waals surface area contributed by atoms with Gasteiger partial charge in [-0.2, -0.15) is 0 Å². The van der Waals surface area contributed by atoms with E-state index in [9.17, 15) is 9.50 Å². The maximum atomic E-state index is 13.9. The van der Waals surface area contributed by atoms with Gasteiger partial charge >= 0.3 is 0 Å². The molecule has 1 atom stereocenters. The summed E-state index contributed by atoms with van der Waals surface area (Å²) in [7, 11) is 0. The fourth-order valence-corrected chi connectivity index (χ4v) is 2.41. The number of fused-ring (bicyclic) bond motifs is 1. The van der Waals surface area contributed by atoms with E-state index >= 15 is 0 Å². The zero-order valence-corrected chi connectivity index (χ0v) is 10.7. The highest BCUT2D eigenvalue weighted by molar-refractivity contribution is 5.43. The monoisotopic (exact) mass is 258 g/mol. The number of hydrogen-bond donors (Lipinski definition) is 1. The summed E-state index contributed by atoms with van der Waals surface area (Å²) in [5.41, 5.74) is 2.93. The molecular weight excluding hydrogens is 243 g/mol. The highest BCUT2D eigenvalue weighted by Gasteiger charge is 2.18. The van der Waals surface area contributed by atoms with E-state index in [0.29, 0.717) is 17.7 Å². The summed E-state index contributed by atoms with van der Waals surface area (Å²) < 4.78 is 19.3. The summed E-state index contributed by atoms with van der Waals surface area (Å²) in [5, 5.41) is 10.3. The van der Waals surface area contributed by atoms with Crippen LogP contribution < -0.4 is 4.74 Å². The van der Waals surface area contributed by atoms with Gasteiger partial charge in [-0.25, -0.2) is 4.39 Å². The lowest BCUT2D eigenvalue weighted by Crippen LogP contribution is -2.03. The van der Waals surface area contributed by atoms with Crippen LogP contribution in [0.5, 0.6) is 5.75 Å². The molecule has 0 aromatic heterocycles. The van der Waals surface area contributed by atoms with Gasteiger partial charge in [-0.15, -0.1) is 0 Å². The summed E-state index contributed by atoms with van der Waals surface area (Å²) in [5.74, 6) is 0.490. The Bertz CT molecular complexity index is 622. The standard InChI is InChI=1S/C16H15FO2/c1-10-2-4-13(14(17)8-10)16(18)12-3-5-15-11(9-12)6-7-19-15/h2-5,8-9,16,18H,6-7H2,1H3.